The monoisotopic (exact) mass is 316 g/mol. The van der Waals surface area contributed by atoms with E-state index in [4.69, 9.17) is 10.5 Å². The smallest absolute Gasteiger partial charge is 0.225 e. The molecule has 4 nitrogen and oxygen atoms in total. The zero-order valence-electron chi connectivity index (χ0n) is 14.1. The average molecular weight is 316 g/mol. The van der Waals surface area contributed by atoms with Crippen molar-refractivity contribution in [2.24, 2.45) is 23.5 Å². The van der Waals surface area contributed by atoms with Gasteiger partial charge in [-0.05, 0) is 68.6 Å². The van der Waals surface area contributed by atoms with Crippen molar-refractivity contribution in [1.82, 2.24) is 5.32 Å². The fourth-order valence-electron chi connectivity index (χ4n) is 4.31. The van der Waals surface area contributed by atoms with Gasteiger partial charge in [0.1, 0.15) is 5.75 Å². The van der Waals surface area contributed by atoms with Gasteiger partial charge >= 0.3 is 0 Å². The van der Waals surface area contributed by atoms with Crippen molar-refractivity contribution in [3.05, 3.63) is 29.8 Å². The first kappa shape index (κ1) is 16.3. The summed E-state index contributed by atoms with van der Waals surface area (Å²) in [5, 5.41) is 3.19. The lowest BCUT2D eigenvalue weighted by atomic mass is 9.84. The van der Waals surface area contributed by atoms with Crippen LogP contribution in [0.4, 0.5) is 0 Å². The summed E-state index contributed by atoms with van der Waals surface area (Å²) in [6.07, 6.45) is 5.43. The molecule has 0 heterocycles. The molecule has 3 rings (SSSR count). The minimum Gasteiger partial charge on any atom is -0.497 e. The van der Waals surface area contributed by atoms with E-state index in [0.29, 0.717) is 11.8 Å². The van der Waals surface area contributed by atoms with Gasteiger partial charge in [0.25, 0.3) is 0 Å². The zero-order chi connectivity index (χ0) is 16.4. The molecule has 4 heteroatoms. The topological polar surface area (TPSA) is 64.3 Å². The lowest BCUT2D eigenvalue weighted by molar-refractivity contribution is -0.127. The molecule has 3 N–H and O–H groups in total. The summed E-state index contributed by atoms with van der Waals surface area (Å²) in [7, 11) is 1.67. The Morgan fingerprint density at radius 3 is 2.61 bits per heavy atom. The molecule has 126 valence electrons. The van der Waals surface area contributed by atoms with Crippen LogP contribution in [-0.4, -0.2) is 25.1 Å². The number of rotatable bonds is 6. The fourth-order valence-corrected chi connectivity index (χ4v) is 4.31. The van der Waals surface area contributed by atoms with E-state index >= 15 is 0 Å². The zero-order valence-corrected chi connectivity index (χ0v) is 14.1. The van der Waals surface area contributed by atoms with Crippen molar-refractivity contribution in [1.29, 1.82) is 0 Å². The largest absolute Gasteiger partial charge is 0.497 e. The van der Waals surface area contributed by atoms with Gasteiger partial charge < -0.3 is 15.8 Å². The van der Waals surface area contributed by atoms with Crippen molar-refractivity contribution < 1.29 is 9.53 Å². The minimum atomic E-state index is 0.0391. The van der Waals surface area contributed by atoms with E-state index in [1.54, 1.807) is 7.11 Å². The number of fused-ring (bicyclic) bond motifs is 2. The molecule has 5 atom stereocenters. The number of hydrogen-bond donors (Lipinski definition) is 2. The molecule has 0 aromatic heterocycles. The normalized spacial score (nSPS) is 30.2. The summed E-state index contributed by atoms with van der Waals surface area (Å²) in [5.74, 6) is 2.18. The molecule has 2 saturated carbocycles. The van der Waals surface area contributed by atoms with Crippen LogP contribution in [0.5, 0.6) is 5.75 Å². The van der Waals surface area contributed by atoms with E-state index in [9.17, 15) is 4.79 Å². The Hall–Kier alpha value is -1.55. The van der Waals surface area contributed by atoms with Crippen LogP contribution in [0.3, 0.4) is 0 Å². The van der Waals surface area contributed by atoms with Gasteiger partial charge in [-0.25, -0.2) is 0 Å². The SMILES string of the molecule is COc1ccc(CCC(C)NC(=O)C2C3CCC(C3)C2N)cc1. The number of aryl methyl sites for hydroxylation is 1. The van der Waals surface area contributed by atoms with Gasteiger partial charge in [0.2, 0.25) is 5.91 Å². The van der Waals surface area contributed by atoms with Crippen LogP contribution < -0.4 is 15.8 Å². The number of benzene rings is 1. The summed E-state index contributed by atoms with van der Waals surface area (Å²) in [4.78, 5) is 12.5. The Balaban J connectivity index is 1.47. The van der Waals surface area contributed by atoms with Gasteiger partial charge in [-0.2, -0.15) is 0 Å². The highest BCUT2D eigenvalue weighted by molar-refractivity contribution is 5.80. The number of amides is 1. The summed E-state index contributed by atoms with van der Waals surface area (Å²) < 4.78 is 5.17. The lowest BCUT2D eigenvalue weighted by Crippen LogP contribution is -2.47. The van der Waals surface area contributed by atoms with Gasteiger partial charge in [0.05, 0.1) is 13.0 Å². The lowest BCUT2D eigenvalue weighted by Gasteiger charge is -2.28. The van der Waals surface area contributed by atoms with Crippen LogP contribution in [-0.2, 0) is 11.2 Å². The Morgan fingerprint density at radius 1 is 1.30 bits per heavy atom. The summed E-state index contributed by atoms with van der Waals surface area (Å²) in [6.45, 7) is 2.08. The Bertz CT molecular complexity index is 541. The van der Waals surface area contributed by atoms with Crippen LogP contribution in [0, 0.1) is 17.8 Å². The average Bonchev–Trinajstić information content (AvgIpc) is 3.14. The molecule has 2 fully saturated rings. The van der Waals surface area contributed by atoms with E-state index in [2.05, 4.69) is 24.4 Å². The molecule has 0 saturated heterocycles. The first-order chi connectivity index (χ1) is 11.1. The van der Waals surface area contributed by atoms with Gasteiger partial charge in [-0.15, -0.1) is 0 Å². The molecule has 1 aromatic carbocycles. The van der Waals surface area contributed by atoms with Crippen molar-refractivity contribution in [2.75, 3.05) is 7.11 Å². The quantitative estimate of drug-likeness (QED) is 0.847. The number of nitrogens with two attached hydrogens (primary N) is 1. The highest BCUT2D eigenvalue weighted by Gasteiger charge is 2.49. The van der Waals surface area contributed by atoms with E-state index < -0.39 is 0 Å². The molecular weight excluding hydrogens is 288 g/mol. The Kier molecular flexibility index (Phi) is 4.90. The van der Waals surface area contributed by atoms with Gasteiger partial charge in [0, 0.05) is 12.1 Å². The molecule has 2 bridgehead atoms. The predicted octanol–water partition coefficient (Wildman–Crippen LogP) is 2.51. The van der Waals surface area contributed by atoms with Crippen molar-refractivity contribution >= 4 is 5.91 Å². The fraction of sp³-hybridized carbons (Fsp3) is 0.632. The maximum atomic E-state index is 12.5. The minimum absolute atomic E-state index is 0.0391. The van der Waals surface area contributed by atoms with Crippen LogP contribution in [0.25, 0.3) is 0 Å². The maximum Gasteiger partial charge on any atom is 0.225 e. The van der Waals surface area contributed by atoms with Crippen molar-refractivity contribution in [3.63, 3.8) is 0 Å². The van der Waals surface area contributed by atoms with E-state index in [-0.39, 0.29) is 23.9 Å². The van der Waals surface area contributed by atoms with Gasteiger partial charge in [-0.1, -0.05) is 12.1 Å². The van der Waals surface area contributed by atoms with Crippen LogP contribution in [0.2, 0.25) is 0 Å². The highest BCUT2D eigenvalue weighted by Crippen LogP contribution is 2.47. The number of carbonyl (C=O) groups excluding carboxylic acids is 1. The number of methoxy groups -OCH3 is 1. The maximum absolute atomic E-state index is 12.5. The molecule has 1 amide bonds. The Labute approximate surface area is 138 Å². The molecule has 0 aliphatic heterocycles. The van der Waals surface area contributed by atoms with Crippen molar-refractivity contribution in [2.45, 2.75) is 51.1 Å². The van der Waals surface area contributed by atoms with Gasteiger partial charge in [0.15, 0.2) is 0 Å². The third kappa shape index (κ3) is 3.52. The molecular formula is C19H28N2O2. The van der Waals surface area contributed by atoms with E-state index in [1.165, 1.54) is 18.4 Å². The second-order valence-corrected chi connectivity index (χ2v) is 7.23. The molecule has 2 aliphatic carbocycles. The number of hydrogen-bond acceptors (Lipinski definition) is 3. The van der Waals surface area contributed by atoms with Crippen molar-refractivity contribution in [3.8, 4) is 5.75 Å². The Morgan fingerprint density at radius 2 is 2.00 bits per heavy atom. The molecule has 23 heavy (non-hydrogen) atoms. The highest BCUT2D eigenvalue weighted by atomic mass is 16.5. The molecule has 2 aliphatic rings. The third-order valence-corrected chi connectivity index (χ3v) is 5.70. The first-order valence-electron chi connectivity index (χ1n) is 8.77. The standard InChI is InChI=1S/C19H28N2O2/c1-12(3-4-13-5-9-16(23-2)10-6-13)21-19(22)17-14-7-8-15(11-14)18(17)20/h5-6,9-10,12,14-15,17-18H,3-4,7-8,11,20H2,1-2H3,(H,21,22). The summed E-state index contributed by atoms with van der Waals surface area (Å²) >= 11 is 0. The molecule has 0 spiro atoms. The van der Waals surface area contributed by atoms with Gasteiger partial charge in [-0.3, -0.25) is 4.79 Å². The number of nitrogens with one attached hydrogen (secondary N) is 1. The van der Waals surface area contributed by atoms with Crippen LogP contribution in [0.1, 0.15) is 38.2 Å². The third-order valence-electron chi connectivity index (χ3n) is 5.70. The summed E-state index contributed by atoms with van der Waals surface area (Å²) in [5.41, 5.74) is 7.53. The molecule has 1 aromatic rings. The second kappa shape index (κ2) is 6.91. The van der Waals surface area contributed by atoms with Crippen LogP contribution >= 0.6 is 0 Å². The second-order valence-electron chi connectivity index (χ2n) is 7.23. The van der Waals surface area contributed by atoms with Crippen LogP contribution in [0.15, 0.2) is 24.3 Å². The number of carbonyl (C=O) groups is 1. The summed E-state index contributed by atoms with van der Waals surface area (Å²) in [6, 6.07) is 8.37. The van der Waals surface area contributed by atoms with E-state index in [1.807, 2.05) is 12.1 Å². The molecule has 5 unspecified atom stereocenters. The van der Waals surface area contributed by atoms with E-state index in [0.717, 1.165) is 25.0 Å². The number of ether oxygens (including phenoxy) is 1. The predicted molar refractivity (Wildman–Crippen MR) is 91.2 cm³/mol. The first-order valence-corrected chi connectivity index (χ1v) is 8.77. The molecule has 0 radical (unpaired) electrons.